The molecule has 1 aliphatic heterocycles. The van der Waals surface area contributed by atoms with Crippen LogP contribution in [0.2, 0.25) is 0 Å². The molecule has 0 spiro atoms. The van der Waals surface area contributed by atoms with E-state index in [1.165, 1.54) is 6.20 Å². The minimum Gasteiger partial charge on any atom is -0.360 e. The summed E-state index contributed by atoms with van der Waals surface area (Å²) in [4.78, 5) is 13.8. The summed E-state index contributed by atoms with van der Waals surface area (Å²) in [5.74, 6) is 6.42. The second kappa shape index (κ2) is 6.64. The zero-order chi connectivity index (χ0) is 11.8. The molecule has 1 rings (SSSR count). The average molecular weight is 221 g/mol. The number of nitrogens with zero attached hydrogens (tertiary/aromatic N) is 3. The first-order valence-corrected chi connectivity index (χ1v) is 4.97. The summed E-state index contributed by atoms with van der Waals surface area (Å²) in [6.07, 6.45) is 5.65. The first kappa shape index (κ1) is 12.3. The summed E-state index contributed by atoms with van der Waals surface area (Å²) in [5.41, 5.74) is 0. The van der Waals surface area contributed by atoms with Crippen molar-refractivity contribution in [3.05, 3.63) is 29.3 Å². The van der Waals surface area contributed by atoms with Gasteiger partial charge in [0.25, 0.3) is 0 Å². The van der Waals surface area contributed by atoms with Gasteiger partial charge in [-0.2, -0.15) is 0 Å². The van der Waals surface area contributed by atoms with Gasteiger partial charge in [0, 0.05) is 25.9 Å². The predicted octanol–water partition coefficient (Wildman–Crippen LogP) is 1.66. The molecule has 0 saturated heterocycles. The quantitative estimate of drug-likeness (QED) is 0.402. The lowest BCUT2D eigenvalue weighted by Crippen LogP contribution is -2.22. The highest BCUT2D eigenvalue weighted by molar-refractivity contribution is 5.12. The van der Waals surface area contributed by atoms with Crippen molar-refractivity contribution in [2.45, 2.75) is 13.3 Å². The number of ether oxygens (including phenoxy) is 1. The smallest absolute Gasteiger partial charge is 0.136 e. The standard InChI is InChI=1S/C11H15N3O2/c1-3-4-5-8-16-10-14-7-6-13(2)11(14)9-12-15/h6-7,9H,5,8,10H2,1-2H3/b11-9+. The van der Waals surface area contributed by atoms with Crippen molar-refractivity contribution in [3.63, 3.8) is 0 Å². The molecule has 0 N–H and O–H groups in total. The number of hydrogen-bond donors (Lipinski definition) is 0. The fourth-order valence-electron chi connectivity index (χ4n) is 1.27. The van der Waals surface area contributed by atoms with Gasteiger partial charge < -0.3 is 14.5 Å². The second-order valence-electron chi connectivity index (χ2n) is 3.19. The van der Waals surface area contributed by atoms with E-state index in [1.54, 1.807) is 16.7 Å². The molecule has 1 aliphatic rings. The zero-order valence-electron chi connectivity index (χ0n) is 9.51. The molecule has 0 aromatic rings. The van der Waals surface area contributed by atoms with E-state index < -0.39 is 0 Å². The second-order valence-corrected chi connectivity index (χ2v) is 3.19. The van der Waals surface area contributed by atoms with E-state index >= 15 is 0 Å². The lowest BCUT2D eigenvalue weighted by atomic mass is 10.4. The third kappa shape index (κ3) is 3.41. The van der Waals surface area contributed by atoms with Gasteiger partial charge in [0.05, 0.1) is 6.61 Å². The summed E-state index contributed by atoms with van der Waals surface area (Å²) in [5, 5.41) is 2.76. The summed E-state index contributed by atoms with van der Waals surface area (Å²) < 4.78 is 5.41. The van der Waals surface area contributed by atoms with Crippen LogP contribution in [-0.4, -0.2) is 30.2 Å². The third-order valence-electron chi connectivity index (χ3n) is 2.07. The Morgan fingerprint density at radius 2 is 2.38 bits per heavy atom. The van der Waals surface area contributed by atoms with Crippen molar-refractivity contribution in [3.8, 4) is 11.8 Å². The number of nitroso groups, excluding NO2 is 1. The van der Waals surface area contributed by atoms with Gasteiger partial charge in [-0.15, -0.1) is 16.7 Å². The van der Waals surface area contributed by atoms with Gasteiger partial charge in [0.15, 0.2) is 0 Å². The number of rotatable bonds is 5. The highest BCUT2D eigenvalue weighted by Crippen LogP contribution is 2.17. The normalized spacial score (nSPS) is 16.5. The minimum absolute atomic E-state index is 0.396. The summed E-state index contributed by atoms with van der Waals surface area (Å²) in [6.45, 7) is 2.78. The van der Waals surface area contributed by atoms with Gasteiger partial charge in [0.2, 0.25) is 0 Å². The Morgan fingerprint density at radius 3 is 3.06 bits per heavy atom. The van der Waals surface area contributed by atoms with E-state index in [4.69, 9.17) is 4.74 Å². The molecule has 0 fully saturated rings. The van der Waals surface area contributed by atoms with Crippen LogP contribution in [-0.2, 0) is 4.74 Å². The van der Waals surface area contributed by atoms with Crippen molar-refractivity contribution < 1.29 is 4.74 Å². The van der Waals surface area contributed by atoms with Gasteiger partial charge in [0.1, 0.15) is 18.8 Å². The predicted molar refractivity (Wildman–Crippen MR) is 61.5 cm³/mol. The average Bonchev–Trinajstić information content (AvgIpc) is 2.62. The fourth-order valence-corrected chi connectivity index (χ4v) is 1.27. The van der Waals surface area contributed by atoms with Gasteiger partial charge in [-0.05, 0) is 12.1 Å². The zero-order valence-corrected chi connectivity index (χ0v) is 9.51. The molecule has 0 amide bonds. The third-order valence-corrected chi connectivity index (χ3v) is 2.07. The van der Waals surface area contributed by atoms with Crippen LogP contribution in [0, 0.1) is 16.7 Å². The SMILES string of the molecule is CC#CCCOCN1C=CN(C)/C1=C\N=O. The Kier molecular flexibility index (Phi) is 5.09. The molecule has 5 nitrogen and oxygen atoms in total. The Bertz CT molecular complexity index is 352. The van der Waals surface area contributed by atoms with Gasteiger partial charge >= 0.3 is 0 Å². The van der Waals surface area contributed by atoms with Crippen molar-refractivity contribution in [2.24, 2.45) is 5.18 Å². The molecular formula is C11H15N3O2. The minimum atomic E-state index is 0.396. The molecule has 1 heterocycles. The molecule has 0 aliphatic carbocycles. The van der Waals surface area contributed by atoms with Gasteiger partial charge in [-0.1, -0.05) is 0 Å². The summed E-state index contributed by atoms with van der Waals surface area (Å²) in [7, 11) is 1.84. The molecule has 0 atom stereocenters. The first-order chi connectivity index (χ1) is 7.79. The molecular weight excluding hydrogens is 206 g/mol. The van der Waals surface area contributed by atoms with Crippen molar-refractivity contribution in [2.75, 3.05) is 20.4 Å². The lowest BCUT2D eigenvalue weighted by molar-refractivity contribution is 0.0693. The van der Waals surface area contributed by atoms with Crippen LogP contribution in [0.15, 0.2) is 29.6 Å². The molecule has 0 aromatic heterocycles. The fraction of sp³-hybridized carbons (Fsp3) is 0.455. The molecule has 5 heteroatoms. The van der Waals surface area contributed by atoms with E-state index in [2.05, 4.69) is 17.0 Å². The van der Waals surface area contributed by atoms with Crippen LogP contribution in [0.3, 0.4) is 0 Å². The summed E-state index contributed by atoms with van der Waals surface area (Å²) >= 11 is 0. The highest BCUT2D eigenvalue weighted by Gasteiger charge is 2.16. The van der Waals surface area contributed by atoms with Crippen LogP contribution in [0.4, 0.5) is 0 Å². The maximum atomic E-state index is 10.2. The molecule has 0 aromatic carbocycles. The van der Waals surface area contributed by atoms with Crippen molar-refractivity contribution in [1.82, 2.24) is 9.80 Å². The van der Waals surface area contributed by atoms with E-state index in [0.29, 0.717) is 19.2 Å². The van der Waals surface area contributed by atoms with E-state index in [9.17, 15) is 4.91 Å². The Morgan fingerprint density at radius 1 is 1.56 bits per heavy atom. The van der Waals surface area contributed by atoms with E-state index in [1.807, 2.05) is 19.4 Å². The Labute approximate surface area is 95.3 Å². The maximum Gasteiger partial charge on any atom is 0.136 e. The first-order valence-electron chi connectivity index (χ1n) is 4.97. The highest BCUT2D eigenvalue weighted by atomic mass is 16.5. The van der Waals surface area contributed by atoms with Crippen LogP contribution in [0.1, 0.15) is 13.3 Å². The molecule has 0 unspecified atom stereocenters. The summed E-state index contributed by atoms with van der Waals surface area (Å²) in [6, 6.07) is 0. The molecule has 0 saturated carbocycles. The van der Waals surface area contributed by atoms with Crippen molar-refractivity contribution >= 4 is 0 Å². The molecule has 0 bridgehead atoms. The monoisotopic (exact) mass is 221 g/mol. The molecule has 0 radical (unpaired) electrons. The molecule has 16 heavy (non-hydrogen) atoms. The van der Waals surface area contributed by atoms with Crippen LogP contribution in [0.25, 0.3) is 0 Å². The topological polar surface area (TPSA) is 45.1 Å². The molecule has 86 valence electrons. The largest absolute Gasteiger partial charge is 0.360 e. The van der Waals surface area contributed by atoms with E-state index in [-0.39, 0.29) is 0 Å². The van der Waals surface area contributed by atoms with Crippen LogP contribution < -0.4 is 0 Å². The Balaban J connectivity index is 2.35. The van der Waals surface area contributed by atoms with Crippen LogP contribution >= 0.6 is 0 Å². The van der Waals surface area contributed by atoms with Crippen molar-refractivity contribution in [1.29, 1.82) is 0 Å². The van der Waals surface area contributed by atoms with E-state index in [0.717, 1.165) is 6.42 Å². The van der Waals surface area contributed by atoms with Gasteiger partial charge in [-0.25, -0.2) is 0 Å². The Hall–Kier alpha value is -1.80. The van der Waals surface area contributed by atoms with Gasteiger partial charge in [-0.3, -0.25) is 0 Å². The van der Waals surface area contributed by atoms with Crippen LogP contribution in [0.5, 0.6) is 0 Å². The maximum absolute atomic E-state index is 10.2. The number of hydrogen-bond acceptors (Lipinski definition) is 5. The lowest BCUT2D eigenvalue weighted by Gasteiger charge is -2.20.